The second-order valence-corrected chi connectivity index (χ2v) is 6.73. The molecule has 3 amide bonds. The van der Waals surface area contributed by atoms with E-state index in [4.69, 9.17) is 27.9 Å². The standard InChI is InChI=1S/C19H18Cl2N2O3/c1-2-19(13-7-4-3-5-8-13)17(24)23(18(25)22-19)11-12-26-16-14(20)9-6-10-15(16)21/h3-10H,2,11-12H2,1H3,(H,22,25)/t19-/m1/s1. The molecule has 0 spiro atoms. The van der Waals surface area contributed by atoms with Gasteiger partial charge in [0.2, 0.25) is 0 Å². The van der Waals surface area contributed by atoms with Crippen molar-refractivity contribution in [1.82, 2.24) is 10.2 Å². The van der Waals surface area contributed by atoms with E-state index in [-0.39, 0.29) is 19.1 Å². The molecule has 2 aromatic rings. The molecule has 2 aromatic carbocycles. The SMILES string of the molecule is CC[C@]1(c2ccccc2)NC(=O)N(CCOc2c(Cl)cccc2Cl)C1=O. The van der Waals surface area contributed by atoms with Crippen LogP contribution in [0.3, 0.4) is 0 Å². The number of hydrogen-bond acceptors (Lipinski definition) is 3. The lowest BCUT2D eigenvalue weighted by Gasteiger charge is -2.25. The van der Waals surface area contributed by atoms with Crippen LogP contribution in [0, 0.1) is 0 Å². The molecule has 3 rings (SSSR count). The zero-order valence-corrected chi connectivity index (χ0v) is 15.7. The number of halogens is 2. The molecule has 1 atom stereocenters. The second-order valence-electron chi connectivity index (χ2n) is 5.91. The predicted octanol–water partition coefficient (Wildman–Crippen LogP) is 4.23. The van der Waals surface area contributed by atoms with Crippen molar-refractivity contribution in [2.75, 3.05) is 13.2 Å². The fraction of sp³-hybridized carbons (Fsp3) is 0.263. The largest absolute Gasteiger partial charge is 0.489 e. The van der Waals surface area contributed by atoms with Crippen molar-refractivity contribution in [1.29, 1.82) is 0 Å². The van der Waals surface area contributed by atoms with Crippen molar-refractivity contribution in [3.8, 4) is 5.75 Å². The first kappa shape index (κ1) is 18.5. The molecule has 0 saturated carbocycles. The average molecular weight is 393 g/mol. The lowest BCUT2D eigenvalue weighted by molar-refractivity contribution is -0.132. The number of ether oxygens (including phenoxy) is 1. The summed E-state index contributed by atoms with van der Waals surface area (Å²) in [5, 5.41) is 3.59. The van der Waals surface area contributed by atoms with E-state index in [0.717, 1.165) is 5.56 Å². The number of carbonyl (C=O) groups excluding carboxylic acids is 2. The summed E-state index contributed by atoms with van der Waals surface area (Å²) in [6.45, 7) is 2.06. The minimum Gasteiger partial charge on any atom is -0.489 e. The number of para-hydroxylation sites is 1. The van der Waals surface area contributed by atoms with Crippen LogP contribution in [-0.2, 0) is 10.3 Å². The van der Waals surface area contributed by atoms with Crippen LogP contribution in [0.2, 0.25) is 10.0 Å². The Morgan fingerprint density at radius 2 is 1.69 bits per heavy atom. The third-order valence-corrected chi connectivity index (χ3v) is 5.05. The highest BCUT2D eigenvalue weighted by atomic mass is 35.5. The number of amides is 3. The lowest BCUT2D eigenvalue weighted by Crippen LogP contribution is -2.43. The van der Waals surface area contributed by atoms with E-state index in [1.54, 1.807) is 18.2 Å². The molecule has 1 fully saturated rings. The fourth-order valence-corrected chi connectivity index (χ4v) is 3.56. The summed E-state index contributed by atoms with van der Waals surface area (Å²) in [5.41, 5.74) is -0.279. The fourth-order valence-electron chi connectivity index (χ4n) is 3.05. The predicted molar refractivity (Wildman–Crippen MR) is 101 cm³/mol. The number of imide groups is 1. The Morgan fingerprint density at radius 1 is 1.04 bits per heavy atom. The van der Waals surface area contributed by atoms with Crippen LogP contribution in [0.4, 0.5) is 4.79 Å². The quantitative estimate of drug-likeness (QED) is 0.748. The Kier molecular flexibility index (Phi) is 5.39. The summed E-state index contributed by atoms with van der Waals surface area (Å²) >= 11 is 12.1. The van der Waals surface area contributed by atoms with Crippen LogP contribution in [0.5, 0.6) is 5.75 Å². The van der Waals surface area contributed by atoms with Gasteiger partial charge in [0.05, 0.1) is 16.6 Å². The molecule has 1 saturated heterocycles. The van der Waals surface area contributed by atoms with Gasteiger partial charge in [-0.25, -0.2) is 4.79 Å². The molecule has 1 aliphatic rings. The summed E-state index contributed by atoms with van der Waals surface area (Å²) in [5.74, 6) is 0.0535. The molecule has 0 bridgehead atoms. The van der Waals surface area contributed by atoms with Gasteiger partial charge in [-0.3, -0.25) is 9.69 Å². The molecule has 1 N–H and O–H groups in total. The first-order valence-electron chi connectivity index (χ1n) is 8.26. The highest BCUT2D eigenvalue weighted by molar-refractivity contribution is 6.37. The van der Waals surface area contributed by atoms with Gasteiger partial charge in [-0.15, -0.1) is 0 Å². The lowest BCUT2D eigenvalue weighted by atomic mass is 9.87. The third kappa shape index (κ3) is 3.24. The van der Waals surface area contributed by atoms with E-state index in [2.05, 4.69) is 5.32 Å². The second kappa shape index (κ2) is 7.56. The molecule has 136 valence electrons. The normalized spacial score (nSPS) is 19.6. The first-order valence-corrected chi connectivity index (χ1v) is 9.01. The minimum absolute atomic E-state index is 0.0944. The summed E-state index contributed by atoms with van der Waals surface area (Å²) in [6, 6.07) is 13.8. The maximum Gasteiger partial charge on any atom is 0.325 e. The van der Waals surface area contributed by atoms with Gasteiger partial charge in [0.1, 0.15) is 12.1 Å². The molecule has 1 heterocycles. The van der Waals surface area contributed by atoms with E-state index in [9.17, 15) is 9.59 Å². The van der Waals surface area contributed by atoms with Crippen molar-refractivity contribution in [2.45, 2.75) is 18.9 Å². The zero-order valence-electron chi connectivity index (χ0n) is 14.2. The number of carbonyl (C=O) groups is 2. The van der Waals surface area contributed by atoms with Crippen LogP contribution in [0.1, 0.15) is 18.9 Å². The van der Waals surface area contributed by atoms with Crippen molar-refractivity contribution >= 4 is 35.1 Å². The summed E-state index contributed by atoms with van der Waals surface area (Å²) in [7, 11) is 0. The van der Waals surface area contributed by atoms with E-state index in [0.29, 0.717) is 22.2 Å². The van der Waals surface area contributed by atoms with Gasteiger partial charge in [0.25, 0.3) is 5.91 Å². The van der Waals surface area contributed by atoms with Crippen molar-refractivity contribution in [3.63, 3.8) is 0 Å². The Balaban J connectivity index is 1.73. The maximum atomic E-state index is 13.0. The molecule has 26 heavy (non-hydrogen) atoms. The Morgan fingerprint density at radius 3 is 2.31 bits per heavy atom. The van der Waals surface area contributed by atoms with Crippen molar-refractivity contribution in [2.24, 2.45) is 0 Å². The molecule has 7 heteroatoms. The molecular formula is C19H18Cl2N2O3. The molecule has 5 nitrogen and oxygen atoms in total. The van der Waals surface area contributed by atoms with Gasteiger partial charge < -0.3 is 10.1 Å². The molecular weight excluding hydrogens is 375 g/mol. The summed E-state index contributed by atoms with van der Waals surface area (Å²) < 4.78 is 5.60. The average Bonchev–Trinajstić information content (AvgIpc) is 2.89. The Labute approximate surface area is 161 Å². The van der Waals surface area contributed by atoms with Crippen LogP contribution in [0.25, 0.3) is 0 Å². The van der Waals surface area contributed by atoms with E-state index >= 15 is 0 Å². The summed E-state index contributed by atoms with van der Waals surface area (Å²) in [6.07, 6.45) is 0.454. The van der Waals surface area contributed by atoms with Crippen LogP contribution >= 0.6 is 23.2 Å². The van der Waals surface area contributed by atoms with Gasteiger partial charge in [-0.05, 0) is 24.1 Å². The van der Waals surface area contributed by atoms with Crippen LogP contribution in [0.15, 0.2) is 48.5 Å². The van der Waals surface area contributed by atoms with Gasteiger partial charge in [-0.2, -0.15) is 0 Å². The number of nitrogens with one attached hydrogen (secondary N) is 1. The van der Waals surface area contributed by atoms with E-state index in [1.165, 1.54) is 4.90 Å². The summed E-state index contributed by atoms with van der Waals surface area (Å²) in [4.78, 5) is 26.5. The van der Waals surface area contributed by atoms with Crippen LogP contribution in [-0.4, -0.2) is 30.0 Å². The van der Waals surface area contributed by atoms with Gasteiger partial charge >= 0.3 is 6.03 Å². The molecule has 0 unspecified atom stereocenters. The number of rotatable bonds is 6. The molecule has 0 radical (unpaired) electrons. The highest BCUT2D eigenvalue weighted by Crippen LogP contribution is 2.34. The zero-order chi connectivity index (χ0) is 18.7. The van der Waals surface area contributed by atoms with Gasteiger partial charge in [0.15, 0.2) is 5.75 Å². The van der Waals surface area contributed by atoms with Crippen molar-refractivity contribution < 1.29 is 14.3 Å². The maximum absolute atomic E-state index is 13.0. The number of hydrogen-bond donors (Lipinski definition) is 1. The monoisotopic (exact) mass is 392 g/mol. The topological polar surface area (TPSA) is 58.6 Å². The Bertz CT molecular complexity index is 809. The minimum atomic E-state index is -1.04. The van der Waals surface area contributed by atoms with Gasteiger partial charge in [0, 0.05) is 0 Å². The third-order valence-electron chi connectivity index (χ3n) is 4.45. The first-order chi connectivity index (χ1) is 12.5. The number of nitrogens with zero attached hydrogens (tertiary/aromatic N) is 1. The highest BCUT2D eigenvalue weighted by Gasteiger charge is 2.50. The number of benzene rings is 2. The smallest absolute Gasteiger partial charge is 0.325 e. The number of urea groups is 1. The van der Waals surface area contributed by atoms with E-state index < -0.39 is 11.6 Å². The van der Waals surface area contributed by atoms with Crippen molar-refractivity contribution in [3.05, 3.63) is 64.1 Å². The van der Waals surface area contributed by atoms with Gasteiger partial charge in [-0.1, -0.05) is 66.5 Å². The Hall–Kier alpha value is -2.24. The molecule has 0 aliphatic carbocycles. The molecule has 1 aliphatic heterocycles. The molecule has 0 aromatic heterocycles. The van der Waals surface area contributed by atoms with E-state index in [1.807, 2.05) is 37.3 Å². The van der Waals surface area contributed by atoms with Crippen LogP contribution < -0.4 is 10.1 Å².